The first-order chi connectivity index (χ1) is 10.1. The highest BCUT2D eigenvalue weighted by Crippen LogP contribution is 2.10. The van der Waals surface area contributed by atoms with Crippen molar-refractivity contribution in [2.45, 2.75) is 6.54 Å². The molecule has 3 rings (SSSR count). The van der Waals surface area contributed by atoms with Crippen molar-refractivity contribution in [1.82, 2.24) is 24.8 Å². The predicted molar refractivity (Wildman–Crippen MR) is 76.3 cm³/mol. The van der Waals surface area contributed by atoms with Gasteiger partial charge in [0.25, 0.3) is 5.56 Å². The van der Waals surface area contributed by atoms with E-state index < -0.39 is 5.56 Å². The van der Waals surface area contributed by atoms with E-state index in [-0.39, 0.29) is 12.3 Å². The predicted octanol–water partition coefficient (Wildman–Crippen LogP) is 1.06. The number of benzene rings is 1. The zero-order valence-electron chi connectivity index (χ0n) is 11.0. The van der Waals surface area contributed by atoms with Gasteiger partial charge in [-0.1, -0.05) is 16.8 Å². The van der Waals surface area contributed by atoms with E-state index in [1.54, 1.807) is 31.3 Å². The Morgan fingerprint density at radius 3 is 2.71 bits per heavy atom. The zero-order chi connectivity index (χ0) is 15.0. The van der Waals surface area contributed by atoms with Crippen LogP contribution in [0.1, 0.15) is 10.4 Å². The normalized spacial score (nSPS) is 11.0. The topological polar surface area (TPSA) is 82.7 Å². The number of halogens is 1. The Bertz CT molecular complexity index is 882. The summed E-state index contributed by atoms with van der Waals surface area (Å²) in [5, 5.41) is 12.5. The lowest BCUT2D eigenvalue weighted by Crippen LogP contribution is -2.27. The highest BCUT2D eigenvalue weighted by molar-refractivity contribution is 6.30. The fraction of sp³-hybridized carbons (Fsp3) is 0.154. The Hall–Kier alpha value is -2.54. The first-order valence-corrected chi connectivity index (χ1v) is 6.48. The molecule has 3 aromatic rings. The summed E-state index contributed by atoms with van der Waals surface area (Å²) in [7, 11) is 1.67. The molecule has 2 heterocycles. The van der Waals surface area contributed by atoms with E-state index in [4.69, 9.17) is 11.6 Å². The van der Waals surface area contributed by atoms with E-state index in [0.717, 1.165) is 4.68 Å². The number of nitrogens with zero attached hydrogens (tertiary/aromatic N) is 5. The number of hydrogen-bond acceptors (Lipinski definition) is 5. The van der Waals surface area contributed by atoms with Crippen molar-refractivity contribution in [2.24, 2.45) is 7.05 Å². The van der Waals surface area contributed by atoms with Crippen molar-refractivity contribution in [3.05, 3.63) is 51.4 Å². The van der Waals surface area contributed by atoms with E-state index in [9.17, 15) is 9.59 Å². The molecule has 2 aromatic heterocycles. The maximum Gasteiger partial charge on any atom is 0.281 e. The standard InChI is InChI=1S/C13H10ClN5O2/c1-18-12-10(6-15-18)13(21)19(17-16-12)7-11(20)8-2-4-9(14)5-3-8/h2-6H,7H2,1H3. The van der Waals surface area contributed by atoms with Gasteiger partial charge < -0.3 is 0 Å². The average molecular weight is 304 g/mol. The Balaban J connectivity index is 1.94. The van der Waals surface area contributed by atoms with Crippen molar-refractivity contribution < 1.29 is 4.79 Å². The number of hydrogen-bond donors (Lipinski definition) is 0. The molecule has 0 aliphatic heterocycles. The number of Topliss-reactive ketones (excluding diaryl/α,β-unsaturated/α-hetero) is 1. The van der Waals surface area contributed by atoms with Gasteiger partial charge in [-0.2, -0.15) is 5.10 Å². The van der Waals surface area contributed by atoms with E-state index in [2.05, 4.69) is 15.4 Å². The summed E-state index contributed by atoms with van der Waals surface area (Å²) in [5.41, 5.74) is 0.449. The molecular weight excluding hydrogens is 294 g/mol. The number of aryl methyl sites for hydroxylation is 1. The van der Waals surface area contributed by atoms with Gasteiger partial charge in [0.2, 0.25) is 0 Å². The lowest BCUT2D eigenvalue weighted by molar-refractivity contribution is 0.0964. The molecule has 1 aromatic carbocycles. The smallest absolute Gasteiger partial charge is 0.281 e. The van der Waals surface area contributed by atoms with Crippen LogP contribution in [0.25, 0.3) is 11.0 Å². The van der Waals surface area contributed by atoms with Gasteiger partial charge in [0.1, 0.15) is 11.9 Å². The van der Waals surface area contributed by atoms with Crippen LogP contribution in [0, 0.1) is 0 Å². The molecule has 0 fully saturated rings. The van der Waals surface area contributed by atoms with E-state index in [1.165, 1.54) is 10.9 Å². The Labute approximate surface area is 123 Å². The van der Waals surface area contributed by atoms with Crippen LogP contribution >= 0.6 is 11.6 Å². The zero-order valence-corrected chi connectivity index (χ0v) is 11.8. The molecule has 0 saturated heterocycles. The third-order valence-electron chi connectivity index (χ3n) is 3.08. The summed E-state index contributed by atoms with van der Waals surface area (Å²) in [5.74, 6) is -0.244. The fourth-order valence-electron chi connectivity index (χ4n) is 1.94. The molecule has 0 bridgehead atoms. The molecule has 0 spiro atoms. The molecule has 0 unspecified atom stereocenters. The summed E-state index contributed by atoms with van der Waals surface area (Å²) in [4.78, 5) is 24.3. The van der Waals surface area contributed by atoms with Crippen molar-refractivity contribution in [1.29, 1.82) is 0 Å². The van der Waals surface area contributed by atoms with Crippen LogP contribution in [0.2, 0.25) is 5.02 Å². The Morgan fingerprint density at radius 1 is 1.29 bits per heavy atom. The molecule has 7 nitrogen and oxygen atoms in total. The molecular formula is C13H10ClN5O2. The van der Waals surface area contributed by atoms with Crippen molar-refractivity contribution >= 4 is 28.4 Å². The van der Waals surface area contributed by atoms with Crippen LogP contribution < -0.4 is 5.56 Å². The first-order valence-electron chi connectivity index (χ1n) is 6.10. The minimum Gasteiger partial charge on any atom is -0.292 e. The van der Waals surface area contributed by atoms with Crippen molar-refractivity contribution in [3.8, 4) is 0 Å². The average Bonchev–Trinajstić information content (AvgIpc) is 2.85. The number of carbonyl (C=O) groups is 1. The van der Waals surface area contributed by atoms with Crippen LogP contribution in [0.4, 0.5) is 0 Å². The summed E-state index contributed by atoms with van der Waals surface area (Å²) in [6.45, 7) is -0.182. The molecule has 0 N–H and O–H groups in total. The van der Waals surface area contributed by atoms with Gasteiger partial charge in [-0.3, -0.25) is 9.59 Å². The van der Waals surface area contributed by atoms with Gasteiger partial charge >= 0.3 is 0 Å². The van der Waals surface area contributed by atoms with Crippen LogP contribution in [-0.4, -0.2) is 30.6 Å². The third-order valence-corrected chi connectivity index (χ3v) is 3.33. The number of ketones is 1. The lowest BCUT2D eigenvalue weighted by Gasteiger charge is -2.03. The molecule has 0 radical (unpaired) electrons. The van der Waals surface area contributed by atoms with Crippen LogP contribution in [0.3, 0.4) is 0 Å². The second kappa shape index (κ2) is 5.10. The van der Waals surface area contributed by atoms with Gasteiger partial charge in [0, 0.05) is 17.6 Å². The number of rotatable bonds is 3. The molecule has 0 atom stereocenters. The summed E-state index contributed by atoms with van der Waals surface area (Å²) in [6, 6.07) is 6.44. The molecule has 0 amide bonds. The van der Waals surface area contributed by atoms with E-state index in [1.807, 2.05) is 0 Å². The van der Waals surface area contributed by atoms with Gasteiger partial charge in [-0.25, -0.2) is 9.36 Å². The quantitative estimate of drug-likeness (QED) is 0.676. The molecule has 0 aliphatic rings. The Morgan fingerprint density at radius 2 is 2.00 bits per heavy atom. The third kappa shape index (κ3) is 2.43. The van der Waals surface area contributed by atoms with Gasteiger partial charge in [0.05, 0.1) is 6.20 Å². The van der Waals surface area contributed by atoms with E-state index >= 15 is 0 Å². The number of carbonyl (C=O) groups excluding carboxylic acids is 1. The van der Waals surface area contributed by atoms with Gasteiger partial charge in [-0.05, 0) is 24.3 Å². The maximum atomic E-state index is 12.2. The number of aromatic nitrogens is 5. The lowest BCUT2D eigenvalue weighted by atomic mass is 10.1. The fourth-order valence-corrected chi connectivity index (χ4v) is 2.07. The summed E-state index contributed by atoms with van der Waals surface area (Å²) < 4.78 is 2.48. The molecule has 8 heteroatoms. The van der Waals surface area contributed by atoms with Crippen molar-refractivity contribution in [3.63, 3.8) is 0 Å². The molecule has 21 heavy (non-hydrogen) atoms. The second-order valence-corrected chi connectivity index (χ2v) is 4.92. The largest absolute Gasteiger partial charge is 0.292 e. The molecule has 106 valence electrons. The maximum absolute atomic E-state index is 12.2. The van der Waals surface area contributed by atoms with Crippen LogP contribution in [0.15, 0.2) is 35.3 Å². The highest BCUT2D eigenvalue weighted by atomic mass is 35.5. The van der Waals surface area contributed by atoms with Crippen LogP contribution in [0.5, 0.6) is 0 Å². The minimum absolute atomic E-state index is 0.182. The van der Waals surface area contributed by atoms with Crippen LogP contribution in [-0.2, 0) is 13.6 Å². The monoisotopic (exact) mass is 303 g/mol. The Kier molecular flexibility index (Phi) is 3.26. The molecule has 0 aliphatic carbocycles. The van der Waals surface area contributed by atoms with E-state index in [0.29, 0.717) is 21.6 Å². The number of fused-ring (bicyclic) bond motifs is 1. The SMILES string of the molecule is Cn1ncc2c(=O)n(CC(=O)c3ccc(Cl)cc3)nnc21. The highest BCUT2D eigenvalue weighted by Gasteiger charge is 2.13. The molecule has 0 saturated carbocycles. The van der Waals surface area contributed by atoms with Gasteiger partial charge in [-0.15, -0.1) is 5.10 Å². The minimum atomic E-state index is -0.393. The summed E-state index contributed by atoms with van der Waals surface area (Å²) in [6.07, 6.45) is 1.41. The van der Waals surface area contributed by atoms with Gasteiger partial charge in [0.15, 0.2) is 11.4 Å². The second-order valence-electron chi connectivity index (χ2n) is 4.49. The first kappa shape index (κ1) is 13.4. The summed E-state index contributed by atoms with van der Waals surface area (Å²) >= 11 is 5.77. The van der Waals surface area contributed by atoms with Crippen molar-refractivity contribution in [2.75, 3.05) is 0 Å².